The van der Waals surface area contributed by atoms with E-state index in [0.717, 1.165) is 31.5 Å². The fraction of sp³-hybridized carbons (Fsp3) is 0.250. The van der Waals surface area contributed by atoms with Crippen LogP contribution in [0.25, 0.3) is 55.8 Å². The molecule has 12 heteroatoms. The number of rotatable bonds is 8. The van der Waals surface area contributed by atoms with Crippen LogP contribution in [-0.4, -0.2) is 68.5 Å². The van der Waals surface area contributed by atoms with Crippen molar-refractivity contribution in [2.75, 3.05) is 25.1 Å². The van der Waals surface area contributed by atoms with Crippen LogP contribution < -0.4 is 0 Å². The molecule has 1 aliphatic heterocycles. The summed E-state index contributed by atoms with van der Waals surface area (Å²) in [6.45, 7) is 2.85. The number of likely N-dealkylation sites (tertiary alicyclic amines) is 1. The molecule has 0 bridgehead atoms. The van der Waals surface area contributed by atoms with Crippen molar-refractivity contribution in [3.63, 3.8) is 0 Å². The van der Waals surface area contributed by atoms with Crippen molar-refractivity contribution in [1.29, 1.82) is 0 Å². The maximum atomic E-state index is 16.2. The van der Waals surface area contributed by atoms with E-state index in [1.807, 2.05) is 24.3 Å². The van der Waals surface area contributed by atoms with Crippen molar-refractivity contribution in [3.05, 3.63) is 83.8 Å². The topological polar surface area (TPSA) is 121 Å². The van der Waals surface area contributed by atoms with Crippen LogP contribution in [0.15, 0.2) is 61.1 Å². The minimum Gasteiger partial charge on any atom is -0.337 e. The number of aryl methyl sites for hydroxylation is 1. The number of sulfone groups is 1. The molecule has 9 nitrogen and oxygen atoms in total. The third-order valence-corrected chi connectivity index (χ3v) is 8.93. The molecule has 224 valence electrons. The van der Waals surface area contributed by atoms with Gasteiger partial charge in [-0.05, 0) is 73.3 Å². The summed E-state index contributed by atoms with van der Waals surface area (Å²) in [5.41, 5.74) is 5.44. The Bertz CT molecular complexity index is 2140. The second-order valence-corrected chi connectivity index (χ2v) is 13.6. The molecule has 2 aromatic carbocycles. The van der Waals surface area contributed by atoms with E-state index in [1.54, 1.807) is 24.7 Å². The summed E-state index contributed by atoms with van der Waals surface area (Å²) in [6.07, 6.45) is 8.68. The highest BCUT2D eigenvalue weighted by molar-refractivity contribution is 7.90. The number of hydrogen-bond donors (Lipinski definition) is 2. The van der Waals surface area contributed by atoms with E-state index < -0.39 is 21.5 Å². The van der Waals surface area contributed by atoms with Gasteiger partial charge in [0.05, 0.1) is 33.9 Å². The van der Waals surface area contributed by atoms with E-state index in [2.05, 4.69) is 30.0 Å². The zero-order chi connectivity index (χ0) is 30.4. The van der Waals surface area contributed by atoms with Gasteiger partial charge in [-0.3, -0.25) is 20.0 Å². The molecule has 0 amide bonds. The Labute approximate surface area is 252 Å². The second kappa shape index (κ2) is 11.2. The Hall–Kier alpha value is -4.55. The first-order chi connectivity index (χ1) is 21.2. The van der Waals surface area contributed by atoms with E-state index in [0.29, 0.717) is 44.6 Å². The molecule has 44 heavy (non-hydrogen) atoms. The van der Waals surface area contributed by atoms with Gasteiger partial charge in [0.25, 0.3) is 0 Å². The molecule has 1 saturated heterocycles. The molecular weight excluding hydrogens is 584 g/mol. The summed E-state index contributed by atoms with van der Waals surface area (Å²) in [4.78, 5) is 19.1. The number of imidazole rings is 1. The Morgan fingerprint density at radius 3 is 2.57 bits per heavy atom. The average Bonchev–Trinajstić information content (AvgIpc) is 3.75. The molecule has 0 spiro atoms. The number of aromatic nitrogens is 6. The lowest BCUT2D eigenvalue weighted by Crippen LogP contribution is -2.18. The lowest BCUT2D eigenvalue weighted by Gasteiger charge is -2.14. The van der Waals surface area contributed by atoms with Gasteiger partial charge >= 0.3 is 0 Å². The fourth-order valence-electron chi connectivity index (χ4n) is 5.88. The summed E-state index contributed by atoms with van der Waals surface area (Å²) in [5, 5.41) is 7.49. The average molecular weight is 614 g/mol. The zero-order valence-corrected chi connectivity index (χ0v) is 24.8. The highest BCUT2D eigenvalue weighted by atomic mass is 32.2. The number of aromatic amines is 2. The van der Waals surface area contributed by atoms with Gasteiger partial charge in [0.15, 0.2) is 11.6 Å². The number of nitrogens with zero attached hydrogens (tertiary/aromatic N) is 5. The van der Waals surface area contributed by atoms with Gasteiger partial charge in [-0.1, -0.05) is 18.2 Å². The predicted octanol–water partition coefficient (Wildman–Crippen LogP) is 5.69. The predicted molar refractivity (Wildman–Crippen MR) is 165 cm³/mol. The van der Waals surface area contributed by atoms with Crippen molar-refractivity contribution in [3.8, 4) is 33.9 Å². The van der Waals surface area contributed by atoms with Crippen molar-refractivity contribution in [1.82, 2.24) is 35.0 Å². The summed E-state index contributed by atoms with van der Waals surface area (Å²) in [7, 11) is -3.21. The van der Waals surface area contributed by atoms with Crippen molar-refractivity contribution in [2.45, 2.75) is 25.8 Å². The van der Waals surface area contributed by atoms with E-state index in [-0.39, 0.29) is 28.9 Å². The van der Waals surface area contributed by atoms with Crippen LogP contribution in [0.1, 0.15) is 24.0 Å². The quantitative estimate of drug-likeness (QED) is 0.226. The smallest absolute Gasteiger partial charge is 0.161 e. The summed E-state index contributed by atoms with van der Waals surface area (Å²) < 4.78 is 54.2. The van der Waals surface area contributed by atoms with E-state index in [9.17, 15) is 12.8 Å². The monoisotopic (exact) mass is 613 g/mol. The minimum atomic E-state index is -3.21. The van der Waals surface area contributed by atoms with Crippen LogP contribution in [0.5, 0.6) is 0 Å². The molecule has 1 fully saturated rings. The van der Waals surface area contributed by atoms with Crippen LogP contribution in [0.4, 0.5) is 8.78 Å². The van der Waals surface area contributed by atoms with E-state index in [1.165, 1.54) is 25.0 Å². The molecule has 2 N–H and O–H groups in total. The molecule has 7 rings (SSSR count). The zero-order valence-electron chi connectivity index (χ0n) is 23.9. The summed E-state index contributed by atoms with van der Waals surface area (Å²) >= 11 is 0. The van der Waals surface area contributed by atoms with Crippen molar-refractivity contribution < 1.29 is 17.2 Å². The van der Waals surface area contributed by atoms with Gasteiger partial charge in [-0.25, -0.2) is 22.2 Å². The Kier molecular flexibility index (Phi) is 7.17. The first-order valence-corrected chi connectivity index (χ1v) is 16.4. The number of fused-ring (bicyclic) bond motifs is 2. The first-order valence-electron chi connectivity index (χ1n) is 14.4. The largest absolute Gasteiger partial charge is 0.337 e. The maximum Gasteiger partial charge on any atom is 0.161 e. The molecule has 6 aromatic rings. The molecule has 0 aliphatic carbocycles. The minimum absolute atomic E-state index is 0.0832. The van der Waals surface area contributed by atoms with E-state index in [4.69, 9.17) is 4.98 Å². The molecule has 0 unspecified atom stereocenters. The third kappa shape index (κ3) is 5.58. The lowest BCUT2D eigenvalue weighted by atomic mass is 10.0. The highest BCUT2D eigenvalue weighted by Crippen LogP contribution is 2.35. The van der Waals surface area contributed by atoms with E-state index >= 15 is 4.39 Å². The number of hydrogen-bond acceptors (Lipinski definition) is 7. The molecule has 0 atom stereocenters. The Morgan fingerprint density at radius 2 is 1.75 bits per heavy atom. The number of halogens is 2. The van der Waals surface area contributed by atoms with Gasteiger partial charge in [0.2, 0.25) is 0 Å². The number of nitrogens with one attached hydrogen (secondary N) is 2. The molecule has 0 saturated carbocycles. The Balaban J connectivity index is 1.27. The molecule has 1 aliphatic rings. The number of para-hydroxylation sites is 1. The normalized spacial score (nSPS) is 14.2. The highest BCUT2D eigenvalue weighted by Gasteiger charge is 2.22. The Morgan fingerprint density at radius 1 is 0.932 bits per heavy atom. The first kappa shape index (κ1) is 28.2. The SMILES string of the molecule is CS(=O)(=O)CCc1cc(F)cc(-c2cccc3[nH]c(-c4n[nH]c5cnc(-c6cncc(CN7CCCC7)c6)c(F)c45)nc23)c1. The van der Waals surface area contributed by atoms with Crippen LogP contribution >= 0.6 is 0 Å². The summed E-state index contributed by atoms with van der Waals surface area (Å²) in [5.74, 6) is -0.754. The number of pyridine rings is 2. The van der Waals surface area contributed by atoms with Gasteiger partial charge < -0.3 is 4.98 Å². The molecule has 5 heterocycles. The maximum absolute atomic E-state index is 16.2. The lowest BCUT2D eigenvalue weighted by molar-refractivity contribution is 0.331. The third-order valence-electron chi connectivity index (χ3n) is 7.98. The molecule has 0 radical (unpaired) electrons. The summed E-state index contributed by atoms with van der Waals surface area (Å²) in [6, 6.07) is 11.9. The van der Waals surface area contributed by atoms with Gasteiger partial charge in [-0.2, -0.15) is 5.10 Å². The number of benzene rings is 2. The van der Waals surface area contributed by atoms with Crippen LogP contribution in [0, 0.1) is 11.6 Å². The molecule has 4 aromatic heterocycles. The molecular formula is C32H29F2N7O2S. The van der Waals surface area contributed by atoms with Crippen LogP contribution in [-0.2, 0) is 22.8 Å². The van der Waals surface area contributed by atoms with Crippen LogP contribution in [0.2, 0.25) is 0 Å². The van der Waals surface area contributed by atoms with Gasteiger partial charge in [-0.15, -0.1) is 0 Å². The fourth-order valence-corrected chi connectivity index (χ4v) is 6.49. The second-order valence-electron chi connectivity index (χ2n) is 11.4. The van der Waals surface area contributed by atoms with Crippen LogP contribution in [0.3, 0.4) is 0 Å². The standard InChI is InChI=1S/C32H29F2N7O2S/c1-44(42,43)10-7-19-11-21(14-23(33)13-19)24-5-4-6-25-30(24)38-32(37-25)31-27-26(39-40-31)17-36-29(28(27)34)22-12-20(15-35-16-22)18-41-8-2-3-9-41/h4-6,11-17H,2-3,7-10,18H2,1H3,(H,37,38)(H,39,40). The van der Waals surface area contributed by atoms with Crippen molar-refractivity contribution in [2.24, 2.45) is 0 Å². The van der Waals surface area contributed by atoms with Gasteiger partial charge in [0, 0.05) is 36.3 Å². The number of H-pyrrole nitrogens is 2. The van der Waals surface area contributed by atoms with Gasteiger partial charge in [0.1, 0.15) is 27.0 Å². The van der Waals surface area contributed by atoms with Crippen molar-refractivity contribution >= 4 is 31.8 Å².